The van der Waals surface area contributed by atoms with Crippen molar-refractivity contribution in [3.63, 3.8) is 0 Å². The van der Waals surface area contributed by atoms with E-state index in [0.29, 0.717) is 29.1 Å². The minimum absolute atomic E-state index is 0.132. The van der Waals surface area contributed by atoms with Gasteiger partial charge in [0.25, 0.3) is 0 Å². The summed E-state index contributed by atoms with van der Waals surface area (Å²) in [5.74, 6) is -0.914. The standard InChI is InChI=1S/C15H19N3O4/c1-4-13-17-11-7-10(5-6-12(11)22-13)16-15(21)18(3)8-9(2)14(19)20/h5-7,9H,4,8H2,1-3H3,(H,16,21)(H,19,20). The van der Waals surface area contributed by atoms with E-state index in [0.717, 1.165) is 0 Å². The summed E-state index contributed by atoms with van der Waals surface area (Å²) in [7, 11) is 1.55. The number of rotatable bonds is 5. The van der Waals surface area contributed by atoms with E-state index in [1.54, 1.807) is 32.2 Å². The van der Waals surface area contributed by atoms with Gasteiger partial charge in [-0.3, -0.25) is 4.79 Å². The van der Waals surface area contributed by atoms with Crippen LogP contribution in [0.2, 0.25) is 0 Å². The first kappa shape index (κ1) is 15.8. The van der Waals surface area contributed by atoms with Crippen molar-refractivity contribution in [1.29, 1.82) is 0 Å². The zero-order chi connectivity index (χ0) is 16.3. The summed E-state index contributed by atoms with van der Waals surface area (Å²) >= 11 is 0. The number of oxazole rings is 1. The summed E-state index contributed by atoms with van der Waals surface area (Å²) in [6.07, 6.45) is 0.701. The third kappa shape index (κ3) is 3.55. The summed E-state index contributed by atoms with van der Waals surface area (Å²) < 4.78 is 5.50. The third-order valence-corrected chi connectivity index (χ3v) is 3.30. The number of carbonyl (C=O) groups is 2. The molecule has 0 bridgehead atoms. The van der Waals surface area contributed by atoms with E-state index < -0.39 is 11.9 Å². The summed E-state index contributed by atoms with van der Waals surface area (Å²) in [6, 6.07) is 4.83. The second-order valence-corrected chi connectivity index (χ2v) is 5.19. The molecule has 0 saturated carbocycles. The van der Waals surface area contributed by atoms with Crippen molar-refractivity contribution in [1.82, 2.24) is 9.88 Å². The molecule has 2 amide bonds. The van der Waals surface area contributed by atoms with Crippen LogP contribution >= 0.6 is 0 Å². The van der Waals surface area contributed by atoms with Crippen molar-refractivity contribution in [2.75, 3.05) is 18.9 Å². The molecule has 0 radical (unpaired) electrons. The van der Waals surface area contributed by atoms with Crippen LogP contribution in [0.1, 0.15) is 19.7 Å². The predicted octanol–water partition coefficient (Wildman–Crippen LogP) is 2.57. The second-order valence-electron chi connectivity index (χ2n) is 5.19. The van der Waals surface area contributed by atoms with E-state index in [1.165, 1.54) is 4.90 Å². The van der Waals surface area contributed by atoms with Crippen molar-refractivity contribution < 1.29 is 19.1 Å². The number of aliphatic carboxylic acids is 1. The number of nitrogens with zero attached hydrogens (tertiary/aromatic N) is 2. The highest BCUT2D eigenvalue weighted by molar-refractivity contribution is 5.91. The fourth-order valence-corrected chi connectivity index (χ4v) is 1.99. The smallest absolute Gasteiger partial charge is 0.321 e. The molecule has 7 heteroatoms. The van der Waals surface area contributed by atoms with Crippen LogP contribution < -0.4 is 5.32 Å². The highest BCUT2D eigenvalue weighted by Crippen LogP contribution is 2.20. The highest BCUT2D eigenvalue weighted by atomic mass is 16.4. The van der Waals surface area contributed by atoms with Crippen molar-refractivity contribution in [3.05, 3.63) is 24.1 Å². The molecule has 0 fully saturated rings. The van der Waals surface area contributed by atoms with Crippen LogP contribution in [0.15, 0.2) is 22.6 Å². The Labute approximate surface area is 127 Å². The zero-order valence-corrected chi connectivity index (χ0v) is 12.8. The lowest BCUT2D eigenvalue weighted by Gasteiger charge is -2.19. The van der Waals surface area contributed by atoms with Crippen LogP contribution in [0.4, 0.5) is 10.5 Å². The van der Waals surface area contributed by atoms with E-state index in [4.69, 9.17) is 9.52 Å². The van der Waals surface area contributed by atoms with Crippen molar-refractivity contribution in [3.8, 4) is 0 Å². The Kier molecular flexibility index (Phi) is 4.65. The number of aromatic nitrogens is 1. The van der Waals surface area contributed by atoms with Gasteiger partial charge in [-0.2, -0.15) is 0 Å². The third-order valence-electron chi connectivity index (χ3n) is 3.30. The number of aryl methyl sites for hydroxylation is 1. The molecular weight excluding hydrogens is 286 g/mol. The van der Waals surface area contributed by atoms with Crippen LogP contribution in [0.5, 0.6) is 0 Å². The molecule has 2 rings (SSSR count). The van der Waals surface area contributed by atoms with E-state index >= 15 is 0 Å². The second kappa shape index (κ2) is 6.46. The molecule has 0 aliphatic rings. The van der Waals surface area contributed by atoms with Gasteiger partial charge in [-0.1, -0.05) is 13.8 Å². The fraction of sp³-hybridized carbons (Fsp3) is 0.400. The molecular formula is C15H19N3O4. The summed E-state index contributed by atoms with van der Waals surface area (Å²) in [5, 5.41) is 11.6. The minimum atomic E-state index is -0.934. The highest BCUT2D eigenvalue weighted by Gasteiger charge is 2.17. The first-order chi connectivity index (χ1) is 10.4. The Morgan fingerprint density at radius 3 is 2.82 bits per heavy atom. The number of anilines is 1. The van der Waals surface area contributed by atoms with Crippen LogP contribution in [0.3, 0.4) is 0 Å². The lowest BCUT2D eigenvalue weighted by Crippen LogP contribution is -2.36. The molecule has 0 saturated heterocycles. The first-order valence-electron chi connectivity index (χ1n) is 7.05. The van der Waals surface area contributed by atoms with Gasteiger partial charge in [0, 0.05) is 25.7 Å². The van der Waals surface area contributed by atoms with E-state index in [-0.39, 0.29) is 12.6 Å². The molecule has 1 unspecified atom stereocenters. The Morgan fingerprint density at radius 2 is 2.18 bits per heavy atom. The number of carboxylic acid groups (broad SMARTS) is 1. The van der Waals surface area contributed by atoms with Crippen molar-refractivity contribution in [2.24, 2.45) is 5.92 Å². The van der Waals surface area contributed by atoms with Gasteiger partial charge in [-0.25, -0.2) is 9.78 Å². The van der Waals surface area contributed by atoms with Gasteiger partial charge in [0.15, 0.2) is 11.5 Å². The average Bonchev–Trinajstić information content (AvgIpc) is 2.89. The molecule has 2 N–H and O–H groups in total. The molecule has 7 nitrogen and oxygen atoms in total. The molecule has 1 heterocycles. The Bertz CT molecular complexity index is 695. The maximum absolute atomic E-state index is 12.0. The van der Waals surface area contributed by atoms with Crippen molar-refractivity contribution >= 4 is 28.8 Å². The topological polar surface area (TPSA) is 95.7 Å². The van der Waals surface area contributed by atoms with Gasteiger partial charge >= 0.3 is 12.0 Å². The van der Waals surface area contributed by atoms with E-state index in [1.807, 2.05) is 6.92 Å². The molecule has 2 aromatic rings. The number of amides is 2. The lowest BCUT2D eigenvalue weighted by molar-refractivity contribution is -0.141. The van der Waals surface area contributed by atoms with Gasteiger partial charge < -0.3 is 19.7 Å². The Hall–Kier alpha value is -2.57. The number of carbonyl (C=O) groups excluding carboxylic acids is 1. The van der Waals surface area contributed by atoms with Crippen LogP contribution in [0.25, 0.3) is 11.1 Å². The van der Waals surface area contributed by atoms with Gasteiger partial charge in [0.1, 0.15) is 5.52 Å². The number of fused-ring (bicyclic) bond motifs is 1. The number of hydrogen-bond acceptors (Lipinski definition) is 4. The molecule has 22 heavy (non-hydrogen) atoms. The summed E-state index contributed by atoms with van der Waals surface area (Å²) in [4.78, 5) is 28.5. The van der Waals surface area contributed by atoms with Crippen LogP contribution in [-0.4, -0.2) is 40.6 Å². The van der Waals surface area contributed by atoms with Crippen LogP contribution in [0, 0.1) is 5.92 Å². The largest absolute Gasteiger partial charge is 0.481 e. The minimum Gasteiger partial charge on any atom is -0.481 e. The SMILES string of the molecule is CCc1nc2cc(NC(=O)N(C)CC(C)C(=O)O)ccc2o1. The summed E-state index contributed by atoms with van der Waals surface area (Å²) in [5.41, 5.74) is 1.93. The zero-order valence-electron chi connectivity index (χ0n) is 12.8. The quantitative estimate of drug-likeness (QED) is 0.885. The van der Waals surface area contributed by atoms with Crippen LogP contribution in [-0.2, 0) is 11.2 Å². The maximum Gasteiger partial charge on any atom is 0.321 e. The fourth-order valence-electron chi connectivity index (χ4n) is 1.99. The molecule has 0 aliphatic heterocycles. The molecule has 0 spiro atoms. The molecule has 0 aliphatic carbocycles. The lowest BCUT2D eigenvalue weighted by atomic mass is 10.2. The summed E-state index contributed by atoms with van der Waals surface area (Å²) in [6.45, 7) is 3.64. The van der Waals surface area contributed by atoms with Crippen molar-refractivity contribution in [2.45, 2.75) is 20.3 Å². The number of nitrogens with one attached hydrogen (secondary N) is 1. The Balaban J connectivity index is 2.06. The number of benzene rings is 1. The van der Waals surface area contributed by atoms with Gasteiger partial charge in [0.2, 0.25) is 0 Å². The number of hydrogen-bond donors (Lipinski definition) is 2. The monoisotopic (exact) mass is 305 g/mol. The number of carboxylic acids is 1. The molecule has 1 aromatic heterocycles. The predicted molar refractivity (Wildman–Crippen MR) is 81.8 cm³/mol. The Morgan fingerprint density at radius 1 is 1.45 bits per heavy atom. The normalized spacial score (nSPS) is 12.1. The van der Waals surface area contributed by atoms with E-state index in [2.05, 4.69) is 10.3 Å². The average molecular weight is 305 g/mol. The first-order valence-corrected chi connectivity index (χ1v) is 7.05. The van der Waals surface area contributed by atoms with E-state index in [9.17, 15) is 9.59 Å². The molecule has 118 valence electrons. The van der Waals surface area contributed by atoms with Gasteiger partial charge in [0.05, 0.1) is 5.92 Å². The maximum atomic E-state index is 12.0. The molecule has 1 aromatic carbocycles. The number of urea groups is 1. The van der Waals surface area contributed by atoms with Gasteiger partial charge in [-0.05, 0) is 18.2 Å². The molecule has 1 atom stereocenters. The van der Waals surface area contributed by atoms with Gasteiger partial charge in [-0.15, -0.1) is 0 Å².